The lowest BCUT2D eigenvalue weighted by Crippen LogP contribution is -2.54. The Labute approximate surface area is 146 Å². The van der Waals surface area contributed by atoms with E-state index in [1.165, 1.54) is 0 Å². The van der Waals surface area contributed by atoms with Crippen molar-refractivity contribution in [1.29, 1.82) is 0 Å². The summed E-state index contributed by atoms with van der Waals surface area (Å²) in [6.45, 7) is 2.71. The van der Waals surface area contributed by atoms with E-state index in [0.29, 0.717) is 25.3 Å². The Morgan fingerprint density at radius 3 is 2.80 bits per heavy atom. The number of oxazole rings is 1. The number of carbonyl (C=O) groups excluding carboxylic acids is 1. The summed E-state index contributed by atoms with van der Waals surface area (Å²) in [5.74, 6) is -0.263. The van der Waals surface area contributed by atoms with Crippen LogP contribution >= 0.6 is 0 Å². The third kappa shape index (κ3) is 4.36. The van der Waals surface area contributed by atoms with Crippen LogP contribution in [0.15, 0.2) is 28.7 Å². The number of fused-ring (bicyclic) bond motifs is 1. The molecule has 2 N–H and O–H groups in total. The molecule has 3 rings (SSSR count). The molecule has 1 saturated carbocycles. The van der Waals surface area contributed by atoms with Crippen molar-refractivity contribution >= 4 is 23.0 Å². The Kier molecular flexibility index (Phi) is 5.33. The molecule has 7 nitrogen and oxygen atoms in total. The molecule has 0 spiro atoms. The van der Waals surface area contributed by atoms with E-state index >= 15 is 0 Å². The van der Waals surface area contributed by atoms with E-state index in [9.17, 15) is 9.59 Å². The number of aromatic nitrogens is 1. The van der Waals surface area contributed by atoms with Gasteiger partial charge in [-0.15, -0.1) is 0 Å². The van der Waals surface area contributed by atoms with Crippen LogP contribution in [0.25, 0.3) is 11.1 Å². The molecular formula is C18H23N3O4. The van der Waals surface area contributed by atoms with E-state index in [4.69, 9.17) is 9.52 Å². The molecule has 0 saturated heterocycles. The van der Waals surface area contributed by atoms with Gasteiger partial charge in [-0.3, -0.25) is 14.5 Å². The lowest BCUT2D eigenvalue weighted by molar-refractivity contribution is -0.139. The van der Waals surface area contributed by atoms with Crippen LogP contribution in [0.5, 0.6) is 0 Å². The van der Waals surface area contributed by atoms with Crippen molar-refractivity contribution in [3.63, 3.8) is 0 Å². The molecule has 2 aromatic rings. The van der Waals surface area contributed by atoms with Crippen molar-refractivity contribution in [2.75, 3.05) is 13.1 Å². The molecule has 1 aromatic heterocycles. The van der Waals surface area contributed by atoms with Crippen LogP contribution < -0.4 is 5.32 Å². The maximum atomic E-state index is 12.1. The van der Waals surface area contributed by atoms with Crippen LogP contribution in [0.1, 0.15) is 32.1 Å². The summed E-state index contributed by atoms with van der Waals surface area (Å²) in [5, 5.41) is 11.9. The number of hydrogen-bond acceptors (Lipinski definition) is 5. The number of likely N-dealkylation sites (N-methyl/N-ethyl adjacent to an activating group) is 1. The molecule has 25 heavy (non-hydrogen) atoms. The Morgan fingerprint density at radius 2 is 2.12 bits per heavy atom. The molecule has 134 valence electrons. The summed E-state index contributed by atoms with van der Waals surface area (Å²) in [6.07, 6.45) is 2.41. The van der Waals surface area contributed by atoms with Crippen LogP contribution in [0.3, 0.4) is 0 Å². The lowest BCUT2D eigenvalue weighted by Gasteiger charge is -2.42. The number of hydrogen-bond donors (Lipinski definition) is 2. The Hall–Kier alpha value is -2.41. The van der Waals surface area contributed by atoms with Gasteiger partial charge in [-0.1, -0.05) is 19.1 Å². The summed E-state index contributed by atoms with van der Waals surface area (Å²) in [6, 6.07) is 7.90. The monoisotopic (exact) mass is 345 g/mol. The highest BCUT2D eigenvalue weighted by Gasteiger charge is 2.34. The quantitative estimate of drug-likeness (QED) is 0.758. The first-order valence-electron chi connectivity index (χ1n) is 8.64. The normalized spacial score (nSPS) is 19.8. The van der Waals surface area contributed by atoms with E-state index in [2.05, 4.69) is 10.3 Å². The van der Waals surface area contributed by atoms with Crippen molar-refractivity contribution in [1.82, 2.24) is 15.2 Å². The number of carboxylic acid groups (broad SMARTS) is 1. The number of nitrogens with one attached hydrogen (secondary N) is 1. The standard InChI is InChI=1S/C18H23N3O4/c1-2-21(11-18(23)24)13-9-12(10-13)19-16(22)7-8-17-20-14-5-3-4-6-15(14)25-17/h3-6,12-13H,2,7-11H2,1H3,(H,19,22)(H,23,24). The molecule has 1 fully saturated rings. The molecule has 1 amide bonds. The summed E-state index contributed by atoms with van der Waals surface area (Å²) >= 11 is 0. The molecule has 1 aromatic carbocycles. The van der Waals surface area contributed by atoms with Gasteiger partial charge in [0.1, 0.15) is 5.52 Å². The van der Waals surface area contributed by atoms with Gasteiger partial charge in [-0.25, -0.2) is 4.98 Å². The molecule has 0 bridgehead atoms. The molecule has 0 aliphatic heterocycles. The molecule has 0 radical (unpaired) electrons. The number of rotatable bonds is 8. The van der Waals surface area contributed by atoms with Crippen molar-refractivity contribution in [3.05, 3.63) is 30.2 Å². The Balaban J connectivity index is 1.41. The van der Waals surface area contributed by atoms with Gasteiger partial charge in [-0.2, -0.15) is 0 Å². The first-order chi connectivity index (χ1) is 12.0. The highest BCUT2D eigenvalue weighted by molar-refractivity contribution is 5.77. The fourth-order valence-electron chi connectivity index (χ4n) is 3.22. The molecule has 1 heterocycles. The first-order valence-corrected chi connectivity index (χ1v) is 8.64. The summed E-state index contributed by atoms with van der Waals surface area (Å²) in [4.78, 5) is 29.2. The van der Waals surface area contributed by atoms with E-state index in [0.717, 1.165) is 23.9 Å². The number of aryl methyl sites for hydroxylation is 1. The lowest BCUT2D eigenvalue weighted by atomic mass is 9.85. The van der Waals surface area contributed by atoms with Gasteiger partial charge in [0.25, 0.3) is 0 Å². The van der Waals surface area contributed by atoms with Crippen molar-refractivity contribution in [3.8, 4) is 0 Å². The zero-order chi connectivity index (χ0) is 17.8. The van der Waals surface area contributed by atoms with Gasteiger partial charge < -0.3 is 14.8 Å². The minimum atomic E-state index is -0.812. The van der Waals surface area contributed by atoms with Gasteiger partial charge in [0.05, 0.1) is 6.54 Å². The largest absolute Gasteiger partial charge is 0.480 e. The summed E-state index contributed by atoms with van der Waals surface area (Å²) in [5.41, 5.74) is 1.54. The predicted octanol–water partition coefficient (Wildman–Crippen LogP) is 1.81. The van der Waals surface area contributed by atoms with Crippen LogP contribution in [-0.4, -0.2) is 52.0 Å². The van der Waals surface area contributed by atoms with E-state index < -0.39 is 5.97 Å². The topological polar surface area (TPSA) is 95.7 Å². The number of para-hydroxylation sites is 2. The van der Waals surface area contributed by atoms with Crippen LogP contribution in [0.4, 0.5) is 0 Å². The van der Waals surface area contributed by atoms with Gasteiger partial charge >= 0.3 is 5.97 Å². The summed E-state index contributed by atoms with van der Waals surface area (Å²) in [7, 11) is 0. The summed E-state index contributed by atoms with van der Waals surface area (Å²) < 4.78 is 5.61. The number of amides is 1. The first kappa shape index (κ1) is 17.4. The Bertz CT molecular complexity index is 719. The molecule has 0 atom stereocenters. The van der Waals surface area contributed by atoms with Crippen molar-refractivity contribution in [2.45, 2.75) is 44.7 Å². The molecule has 1 aliphatic rings. The van der Waals surface area contributed by atoms with Gasteiger partial charge in [0, 0.05) is 24.9 Å². The minimum absolute atomic E-state index is 0.0213. The second-order valence-corrected chi connectivity index (χ2v) is 6.42. The van der Waals surface area contributed by atoms with Gasteiger partial charge in [0.15, 0.2) is 11.5 Å². The highest BCUT2D eigenvalue weighted by atomic mass is 16.4. The fourth-order valence-corrected chi connectivity index (χ4v) is 3.22. The molecule has 7 heteroatoms. The smallest absolute Gasteiger partial charge is 0.317 e. The average Bonchev–Trinajstić information content (AvgIpc) is 2.96. The van der Waals surface area contributed by atoms with Crippen LogP contribution in [-0.2, 0) is 16.0 Å². The predicted molar refractivity (Wildman–Crippen MR) is 92.2 cm³/mol. The number of carboxylic acids is 1. The second kappa shape index (κ2) is 7.65. The Morgan fingerprint density at radius 1 is 1.36 bits per heavy atom. The average molecular weight is 345 g/mol. The molecule has 1 aliphatic carbocycles. The third-order valence-corrected chi connectivity index (χ3v) is 4.64. The van der Waals surface area contributed by atoms with Gasteiger partial charge in [0.2, 0.25) is 5.91 Å². The number of nitrogens with zero attached hydrogens (tertiary/aromatic N) is 2. The highest BCUT2D eigenvalue weighted by Crippen LogP contribution is 2.25. The van der Waals surface area contributed by atoms with Crippen LogP contribution in [0, 0.1) is 0 Å². The fraction of sp³-hybridized carbons (Fsp3) is 0.500. The van der Waals surface area contributed by atoms with Gasteiger partial charge in [-0.05, 0) is 31.5 Å². The number of carbonyl (C=O) groups is 2. The second-order valence-electron chi connectivity index (χ2n) is 6.42. The van der Waals surface area contributed by atoms with E-state index in [1.54, 1.807) is 0 Å². The SMILES string of the molecule is CCN(CC(=O)O)C1CC(NC(=O)CCc2nc3ccccc3o2)C1. The zero-order valence-electron chi connectivity index (χ0n) is 14.3. The number of benzene rings is 1. The zero-order valence-corrected chi connectivity index (χ0v) is 14.3. The molecule has 0 unspecified atom stereocenters. The van der Waals surface area contributed by atoms with Crippen LogP contribution in [0.2, 0.25) is 0 Å². The maximum absolute atomic E-state index is 12.1. The third-order valence-electron chi connectivity index (χ3n) is 4.64. The number of aliphatic carboxylic acids is 1. The van der Waals surface area contributed by atoms with Crippen molar-refractivity contribution in [2.24, 2.45) is 0 Å². The van der Waals surface area contributed by atoms with Crippen molar-refractivity contribution < 1.29 is 19.1 Å². The van der Waals surface area contributed by atoms with E-state index in [-0.39, 0.29) is 24.5 Å². The minimum Gasteiger partial charge on any atom is -0.480 e. The molecular weight excluding hydrogens is 322 g/mol. The van der Waals surface area contributed by atoms with E-state index in [1.807, 2.05) is 36.1 Å². The maximum Gasteiger partial charge on any atom is 0.317 e.